The van der Waals surface area contributed by atoms with Gasteiger partial charge in [0.05, 0.1) is 32.2 Å². The fourth-order valence-electron chi connectivity index (χ4n) is 6.40. The van der Waals surface area contributed by atoms with Gasteiger partial charge in [-0.25, -0.2) is 0 Å². The van der Waals surface area contributed by atoms with E-state index in [4.69, 9.17) is 4.74 Å². The van der Waals surface area contributed by atoms with Crippen molar-refractivity contribution in [3.8, 4) is 0 Å². The Kier molecular flexibility index (Phi) is 6.71. The second-order valence-corrected chi connectivity index (χ2v) is 10.8. The maximum atomic E-state index is 13.2. The highest BCUT2D eigenvalue weighted by Crippen LogP contribution is 2.62. The molecule has 0 aromatic rings. The maximum absolute atomic E-state index is 13.2. The summed E-state index contributed by atoms with van der Waals surface area (Å²) in [5.74, 6) is -0.350. The minimum Gasteiger partial charge on any atom is -0.469 e. The number of esters is 2. The van der Waals surface area contributed by atoms with E-state index in [1.54, 1.807) is 0 Å². The van der Waals surface area contributed by atoms with Crippen LogP contribution in [0.15, 0.2) is 11.6 Å². The number of Topliss-reactive ketones (excluding diaryl/α,β-unsaturated/α-hetero) is 1. The molecule has 0 aromatic heterocycles. The number of fused-ring (bicyclic) bond motifs is 3. The summed E-state index contributed by atoms with van der Waals surface area (Å²) in [7, 11) is 1.30. The lowest BCUT2D eigenvalue weighted by Crippen LogP contribution is -2.56. The zero-order chi connectivity index (χ0) is 23.0. The molecule has 0 amide bonds. The largest absolute Gasteiger partial charge is 0.469 e. The van der Waals surface area contributed by atoms with Gasteiger partial charge in [-0.1, -0.05) is 34.1 Å². The smallest absolute Gasteiger partial charge is 0.306 e. The first-order valence-electron chi connectivity index (χ1n) is 11.7. The third kappa shape index (κ3) is 4.46. The Bertz CT molecular complexity index is 770. The highest BCUT2D eigenvalue weighted by atomic mass is 16.5. The molecule has 0 saturated heterocycles. The first-order chi connectivity index (χ1) is 14.4. The average Bonchev–Trinajstić information content (AvgIpc) is 2.72. The van der Waals surface area contributed by atoms with Gasteiger partial charge in [0, 0.05) is 11.8 Å². The van der Waals surface area contributed by atoms with Gasteiger partial charge < -0.3 is 14.6 Å². The van der Waals surface area contributed by atoms with E-state index < -0.39 is 17.5 Å². The normalized spacial score (nSPS) is 37.5. The molecule has 2 fully saturated rings. The lowest BCUT2D eigenvalue weighted by molar-refractivity contribution is -0.159. The molecule has 0 spiro atoms. The Labute approximate surface area is 185 Å². The molecule has 0 aromatic carbocycles. The van der Waals surface area contributed by atoms with Crippen molar-refractivity contribution in [1.82, 2.24) is 0 Å². The van der Waals surface area contributed by atoms with Crippen molar-refractivity contribution in [2.24, 2.45) is 28.6 Å². The molecule has 3 rings (SSSR count). The van der Waals surface area contributed by atoms with E-state index >= 15 is 0 Å². The molecule has 31 heavy (non-hydrogen) atoms. The topological polar surface area (TPSA) is 89.9 Å². The second-order valence-electron chi connectivity index (χ2n) is 10.8. The number of methoxy groups -OCH3 is 1. The Morgan fingerprint density at radius 1 is 1.16 bits per heavy atom. The van der Waals surface area contributed by atoms with Crippen LogP contribution in [0.2, 0.25) is 0 Å². The predicted octanol–water partition coefficient (Wildman–Crippen LogP) is 3.99. The van der Waals surface area contributed by atoms with Gasteiger partial charge in [-0.2, -0.15) is 0 Å². The van der Waals surface area contributed by atoms with Crippen LogP contribution in [-0.2, 0) is 23.9 Å². The summed E-state index contributed by atoms with van der Waals surface area (Å²) in [6, 6.07) is 0. The molecule has 3 aliphatic carbocycles. The van der Waals surface area contributed by atoms with Crippen LogP contribution in [0.25, 0.3) is 0 Å². The Morgan fingerprint density at radius 3 is 2.48 bits per heavy atom. The zero-order valence-electron chi connectivity index (χ0n) is 19.7. The molecule has 0 bridgehead atoms. The number of aliphatic hydroxyl groups is 1. The first kappa shape index (κ1) is 24.0. The summed E-state index contributed by atoms with van der Waals surface area (Å²) in [6.07, 6.45) is 6.79. The van der Waals surface area contributed by atoms with Crippen LogP contribution in [0.3, 0.4) is 0 Å². The van der Waals surface area contributed by atoms with E-state index in [-0.39, 0.29) is 53.8 Å². The van der Waals surface area contributed by atoms with E-state index in [0.717, 1.165) is 31.3 Å². The van der Waals surface area contributed by atoms with Crippen LogP contribution in [0, 0.1) is 28.6 Å². The lowest BCUT2D eigenvalue weighted by atomic mass is 9.45. The van der Waals surface area contributed by atoms with Gasteiger partial charge in [0.15, 0.2) is 5.78 Å². The van der Waals surface area contributed by atoms with Crippen molar-refractivity contribution in [1.29, 1.82) is 0 Å². The number of allylic oxidation sites excluding steroid dienone is 1. The van der Waals surface area contributed by atoms with Crippen molar-refractivity contribution >= 4 is 17.7 Å². The molecule has 6 nitrogen and oxygen atoms in total. The summed E-state index contributed by atoms with van der Waals surface area (Å²) in [4.78, 5) is 36.7. The third-order valence-corrected chi connectivity index (χ3v) is 8.55. The number of carbonyl (C=O) groups excluding carboxylic acids is 3. The SMILES string of the molecule is COC(=O)CCC(=O)OC[C@]1(C)CCC[C@]2(C)[C@H]3CC[C@](O)(C(C)C)C=C3C(=O)C[C@@H]12. The maximum Gasteiger partial charge on any atom is 0.306 e. The fourth-order valence-corrected chi connectivity index (χ4v) is 6.40. The van der Waals surface area contributed by atoms with Crippen LogP contribution >= 0.6 is 0 Å². The van der Waals surface area contributed by atoms with Gasteiger partial charge >= 0.3 is 11.9 Å². The van der Waals surface area contributed by atoms with Crippen molar-refractivity contribution < 1.29 is 29.0 Å². The molecule has 1 N–H and O–H groups in total. The zero-order valence-corrected chi connectivity index (χ0v) is 19.7. The first-order valence-corrected chi connectivity index (χ1v) is 11.7. The standard InChI is InChI=1S/C25H38O6/c1-16(2)25(29)12-9-18-17(14-25)19(26)13-20-23(3,10-6-11-24(18,20)4)15-31-22(28)8-7-21(27)30-5/h14,16,18,20,29H,6-13,15H2,1-5H3/t18-,20-,23-,24+,25+/m0/s1. The highest BCUT2D eigenvalue weighted by molar-refractivity contribution is 5.97. The number of carbonyl (C=O) groups is 3. The van der Waals surface area contributed by atoms with E-state index in [1.165, 1.54) is 7.11 Å². The molecule has 2 saturated carbocycles. The molecule has 0 aliphatic heterocycles. The number of ketones is 1. The molecule has 3 aliphatic rings. The second kappa shape index (κ2) is 8.68. The van der Waals surface area contributed by atoms with Gasteiger partial charge in [-0.05, 0) is 60.5 Å². The summed E-state index contributed by atoms with van der Waals surface area (Å²) in [6.45, 7) is 8.70. The number of hydrogen-bond donors (Lipinski definition) is 1. The molecular weight excluding hydrogens is 396 g/mol. The summed E-state index contributed by atoms with van der Waals surface area (Å²) >= 11 is 0. The Hall–Kier alpha value is -1.69. The Balaban J connectivity index is 1.78. The van der Waals surface area contributed by atoms with E-state index in [9.17, 15) is 19.5 Å². The number of rotatable bonds is 6. The summed E-state index contributed by atoms with van der Waals surface area (Å²) in [5.41, 5.74) is -0.414. The predicted molar refractivity (Wildman–Crippen MR) is 116 cm³/mol. The van der Waals surface area contributed by atoms with Crippen LogP contribution < -0.4 is 0 Å². The minimum atomic E-state index is -0.905. The molecule has 5 atom stereocenters. The minimum absolute atomic E-state index is 0.00686. The molecule has 174 valence electrons. The monoisotopic (exact) mass is 434 g/mol. The van der Waals surface area contributed by atoms with Crippen LogP contribution in [0.5, 0.6) is 0 Å². The van der Waals surface area contributed by atoms with Crippen molar-refractivity contribution in [3.05, 3.63) is 11.6 Å². The number of hydrogen-bond acceptors (Lipinski definition) is 6. The quantitative estimate of drug-likeness (QED) is 0.636. The van der Waals surface area contributed by atoms with Gasteiger partial charge in [-0.15, -0.1) is 0 Å². The van der Waals surface area contributed by atoms with Crippen LogP contribution in [-0.4, -0.2) is 42.1 Å². The van der Waals surface area contributed by atoms with Gasteiger partial charge in [0.1, 0.15) is 0 Å². The fraction of sp³-hybridized carbons (Fsp3) is 0.800. The third-order valence-electron chi connectivity index (χ3n) is 8.55. The van der Waals surface area contributed by atoms with E-state index in [2.05, 4.69) is 18.6 Å². The van der Waals surface area contributed by atoms with Gasteiger partial charge in [0.2, 0.25) is 0 Å². The van der Waals surface area contributed by atoms with Gasteiger partial charge in [0.25, 0.3) is 0 Å². The van der Waals surface area contributed by atoms with Crippen molar-refractivity contribution in [2.75, 3.05) is 13.7 Å². The van der Waals surface area contributed by atoms with E-state index in [1.807, 2.05) is 19.9 Å². The number of ether oxygens (including phenoxy) is 2. The molecule has 0 radical (unpaired) electrons. The Morgan fingerprint density at radius 2 is 1.84 bits per heavy atom. The van der Waals surface area contributed by atoms with E-state index in [0.29, 0.717) is 12.8 Å². The lowest BCUT2D eigenvalue weighted by Gasteiger charge is -2.59. The molecular formula is C25H38O6. The average molecular weight is 435 g/mol. The van der Waals surface area contributed by atoms with Crippen molar-refractivity contribution in [2.45, 2.75) is 84.7 Å². The van der Waals surface area contributed by atoms with Crippen LogP contribution in [0.4, 0.5) is 0 Å². The van der Waals surface area contributed by atoms with Crippen LogP contribution in [0.1, 0.15) is 79.1 Å². The van der Waals surface area contributed by atoms with Crippen molar-refractivity contribution in [3.63, 3.8) is 0 Å². The summed E-state index contributed by atoms with van der Waals surface area (Å²) in [5, 5.41) is 11.0. The highest BCUT2D eigenvalue weighted by Gasteiger charge is 2.58. The molecule has 0 unspecified atom stereocenters. The van der Waals surface area contributed by atoms with Gasteiger partial charge in [-0.3, -0.25) is 14.4 Å². The molecule has 6 heteroatoms. The summed E-state index contributed by atoms with van der Waals surface area (Å²) < 4.78 is 10.2. The molecule has 0 heterocycles.